The number of rotatable bonds is 7. The molecule has 2 heterocycles. The molecule has 0 saturated carbocycles. The van der Waals surface area contributed by atoms with Gasteiger partial charge in [0.05, 0.1) is 0 Å². The zero-order chi connectivity index (χ0) is 16.7. The third kappa shape index (κ3) is 4.74. The molecule has 0 aromatic carbocycles. The van der Waals surface area contributed by atoms with Crippen molar-refractivity contribution >= 4 is 11.7 Å². The summed E-state index contributed by atoms with van der Waals surface area (Å²) in [7, 11) is 0. The molecular weight excluding hydrogens is 290 g/mol. The molecule has 2 aromatic heterocycles. The highest BCUT2D eigenvalue weighted by Gasteiger charge is 2.12. The standard InChI is InChI=1S/C17H23N5O/c1-4-8-12(3)17(23)22-21-15-11-13(5-2)19-16(20-15)14-9-6-7-10-18-14/h6-7,9-12H,4-5,8H2,1-3H3,(H,22,23)(H,19,20,21). The second kappa shape index (κ2) is 8.22. The summed E-state index contributed by atoms with van der Waals surface area (Å²) in [6, 6.07) is 7.44. The highest BCUT2D eigenvalue weighted by Crippen LogP contribution is 2.15. The van der Waals surface area contributed by atoms with Crippen molar-refractivity contribution in [3.63, 3.8) is 0 Å². The van der Waals surface area contributed by atoms with Gasteiger partial charge in [0.1, 0.15) is 11.5 Å². The average molecular weight is 313 g/mol. The molecule has 1 amide bonds. The van der Waals surface area contributed by atoms with Crippen molar-refractivity contribution < 1.29 is 4.79 Å². The zero-order valence-electron chi connectivity index (χ0n) is 13.8. The first-order valence-electron chi connectivity index (χ1n) is 7.99. The number of hydrazine groups is 1. The SMILES string of the molecule is CCCC(C)C(=O)NNc1cc(CC)nc(-c2ccccn2)n1. The van der Waals surface area contributed by atoms with E-state index >= 15 is 0 Å². The van der Waals surface area contributed by atoms with Crippen LogP contribution in [0.5, 0.6) is 0 Å². The highest BCUT2D eigenvalue weighted by molar-refractivity contribution is 5.79. The van der Waals surface area contributed by atoms with Crippen LogP contribution in [0.3, 0.4) is 0 Å². The minimum Gasteiger partial charge on any atom is -0.282 e. The number of carbonyl (C=O) groups excluding carboxylic acids is 1. The Hall–Kier alpha value is -2.50. The highest BCUT2D eigenvalue weighted by atomic mass is 16.2. The molecule has 0 radical (unpaired) electrons. The van der Waals surface area contributed by atoms with Crippen LogP contribution in [0.2, 0.25) is 0 Å². The van der Waals surface area contributed by atoms with E-state index in [0.717, 1.165) is 25.0 Å². The van der Waals surface area contributed by atoms with E-state index in [1.54, 1.807) is 6.20 Å². The molecule has 0 aliphatic carbocycles. The van der Waals surface area contributed by atoms with Crippen LogP contribution in [-0.2, 0) is 11.2 Å². The fraction of sp³-hybridized carbons (Fsp3) is 0.412. The van der Waals surface area contributed by atoms with Gasteiger partial charge in [-0.1, -0.05) is 33.3 Å². The van der Waals surface area contributed by atoms with Gasteiger partial charge in [0.25, 0.3) is 0 Å². The Morgan fingerprint density at radius 2 is 2.09 bits per heavy atom. The lowest BCUT2D eigenvalue weighted by Crippen LogP contribution is -2.34. The van der Waals surface area contributed by atoms with Gasteiger partial charge in [0, 0.05) is 23.9 Å². The molecule has 1 atom stereocenters. The van der Waals surface area contributed by atoms with E-state index in [-0.39, 0.29) is 11.8 Å². The maximum atomic E-state index is 12.0. The van der Waals surface area contributed by atoms with E-state index in [2.05, 4.69) is 32.7 Å². The smallest absolute Gasteiger partial charge is 0.241 e. The van der Waals surface area contributed by atoms with Crippen molar-refractivity contribution in [1.82, 2.24) is 20.4 Å². The van der Waals surface area contributed by atoms with Crippen LogP contribution >= 0.6 is 0 Å². The zero-order valence-corrected chi connectivity index (χ0v) is 13.8. The van der Waals surface area contributed by atoms with Crippen LogP contribution < -0.4 is 10.9 Å². The summed E-state index contributed by atoms with van der Waals surface area (Å²) >= 11 is 0. The number of nitrogens with zero attached hydrogens (tertiary/aromatic N) is 3. The monoisotopic (exact) mass is 313 g/mol. The van der Waals surface area contributed by atoms with Crippen LogP contribution in [0.25, 0.3) is 11.5 Å². The number of amides is 1. The van der Waals surface area contributed by atoms with Crippen LogP contribution in [0.1, 0.15) is 39.3 Å². The van der Waals surface area contributed by atoms with E-state index in [1.807, 2.05) is 38.1 Å². The molecule has 122 valence electrons. The van der Waals surface area contributed by atoms with E-state index in [4.69, 9.17) is 0 Å². The number of carbonyl (C=O) groups is 1. The van der Waals surface area contributed by atoms with E-state index < -0.39 is 0 Å². The lowest BCUT2D eigenvalue weighted by molar-refractivity contribution is -0.124. The Kier molecular flexibility index (Phi) is 6.02. The predicted molar refractivity (Wildman–Crippen MR) is 90.5 cm³/mol. The first-order chi connectivity index (χ1) is 11.1. The number of hydrogen-bond acceptors (Lipinski definition) is 5. The summed E-state index contributed by atoms with van der Waals surface area (Å²) in [6.45, 7) is 6.00. The number of aryl methyl sites for hydroxylation is 1. The summed E-state index contributed by atoms with van der Waals surface area (Å²) in [6.07, 6.45) is 4.32. The average Bonchev–Trinajstić information content (AvgIpc) is 2.60. The fourth-order valence-corrected chi connectivity index (χ4v) is 2.17. The summed E-state index contributed by atoms with van der Waals surface area (Å²) < 4.78 is 0. The van der Waals surface area contributed by atoms with Gasteiger partial charge in [-0.15, -0.1) is 0 Å². The lowest BCUT2D eigenvalue weighted by atomic mass is 10.1. The van der Waals surface area contributed by atoms with Crippen LogP contribution in [0.4, 0.5) is 5.82 Å². The maximum absolute atomic E-state index is 12.0. The predicted octanol–water partition coefficient (Wildman–Crippen LogP) is 2.98. The van der Waals surface area contributed by atoms with E-state index in [9.17, 15) is 4.79 Å². The third-order valence-corrected chi connectivity index (χ3v) is 3.52. The van der Waals surface area contributed by atoms with Crippen molar-refractivity contribution in [2.75, 3.05) is 5.43 Å². The van der Waals surface area contributed by atoms with Crippen LogP contribution in [0, 0.1) is 5.92 Å². The van der Waals surface area contributed by atoms with Gasteiger partial charge in [-0.05, 0) is 25.0 Å². The van der Waals surface area contributed by atoms with Gasteiger partial charge in [0.2, 0.25) is 5.91 Å². The Bertz CT molecular complexity index is 645. The Labute approximate surface area is 136 Å². The molecule has 23 heavy (non-hydrogen) atoms. The minimum atomic E-state index is -0.0390. The molecule has 0 saturated heterocycles. The van der Waals surface area contributed by atoms with E-state index in [0.29, 0.717) is 17.3 Å². The van der Waals surface area contributed by atoms with E-state index in [1.165, 1.54) is 0 Å². The summed E-state index contributed by atoms with van der Waals surface area (Å²) in [5.41, 5.74) is 7.20. The minimum absolute atomic E-state index is 0.0322. The normalized spacial score (nSPS) is 11.8. The third-order valence-electron chi connectivity index (χ3n) is 3.52. The lowest BCUT2D eigenvalue weighted by Gasteiger charge is -2.13. The van der Waals surface area contributed by atoms with Crippen molar-refractivity contribution in [2.45, 2.75) is 40.0 Å². The summed E-state index contributed by atoms with van der Waals surface area (Å²) in [4.78, 5) is 25.2. The molecule has 6 heteroatoms. The topological polar surface area (TPSA) is 79.8 Å². The molecule has 0 spiro atoms. The molecular formula is C17H23N5O. The molecule has 2 aromatic rings. The molecule has 2 rings (SSSR count). The number of nitrogens with one attached hydrogen (secondary N) is 2. The molecule has 1 unspecified atom stereocenters. The van der Waals surface area contributed by atoms with Crippen LogP contribution in [-0.4, -0.2) is 20.9 Å². The first kappa shape index (κ1) is 16.9. The maximum Gasteiger partial charge on any atom is 0.241 e. The molecule has 0 bridgehead atoms. The van der Waals surface area contributed by atoms with Gasteiger partial charge in [-0.3, -0.25) is 20.6 Å². The number of pyridine rings is 1. The largest absolute Gasteiger partial charge is 0.282 e. The molecule has 0 aliphatic heterocycles. The van der Waals surface area contributed by atoms with Crippen LogP contribution in [0.15, 0.2) is 30.5 Å². The Morgan fingerprint density at radius 1 is 1.26 bits per heavy atom. The number of hydrogen-bond donors (Lipinski definition) is 2. The van der Waals surface area contributed by atoms with Gasteiger partial charge in [0.15, 0.2) is 5.82 Å². The van der Waals surface area contributed by atoms with Crippen molar-refractivity contribution in [1.29, 1.82) is 0 Å². The van der Waals surface area contributed by atoms with Crippen molar-refractivity contribution in [2.24, 2.45) is 5.92 Å². The number of anilines is 1. The fourth-order valence-electron chi connectivity index (χ4n) is 2.17. The summed E-state index contributed by atoms with van der Waals surface area (Å²) in [5.74, 6) is 1.04. The van der Waals surface area contributed by atoms with Gasteiger partial charge < -0.3 is 0 Å². The molecule has 2 N–H and O–H groups in total. The van der Waals surface area contributed by atoms with Gasteiger partial charge in [-0.2, -0.15) is 0 Å². The molecule has 0 fully saturated rings. The summed E-state index contributed by atoms with van der Waals surface area (Å²) in [5, 5.41) is 0. The van der Waals surface area contributed by atoms with Crippen molar-refractivity contribution in [3.05, 3.63) is 36.2 Å². The first-order valence-corrected chi connectivity index (χ1v) is 7.99. The second-order valence-corrected chi connectivity index (χ2v) is 5.44. The Balaban J connectivity index is 2.14. The van der Waals surface area contributed by atoms with Gasteiger partial charge >= 0.3 is 0 Å². The van der Waals surface area contributed by atoms with Gasteiger partial charge in [-0.25, -0.2) is 9.97 Å². The number of aromatic nitrogens is 3. The quantitative estimate of drug-likeness (QED) is 0.768. The molecule has 0 aliphatic rings. The molecule has 6 nitrogen and oxygen atoms in total. The van der Waals surface area contributed by atoms with Crippen molar-refractivity contribution in [3.8, 4) is 11.5 Å². The Morgan fingerprint density at radius 3 is 2.74 bits per heavy atom. The second-order valence-electron chi connectivity index (χ2n) is 5.44.